The molecule has 1 fully saturated rings. The first kappa shape index (κ1) is 22.7. The van der Waals surface area contributed by atoms with Gasteiger partial charge in [-0.25, -0.2) is 9.97 Å². The van der Waals surface area contributed by atoms with Gasteiger partial charge in [-0.05, 0) is 37.1 Å². The summed E-state index contributed by atoms with van der Waals surface area (Å²) < 4.78 is 10.6. The molecule has 1 aromatic heterocycles. The minimum atomic E-state index is -0.260. The Hall–Kier alpha value is -3.46. The molecule has 0 atom stereocenters. The molecule has 4 rings (SSSR count). The number of benzene rings is 1. The number of imide groups is 1. The Bertz CT molecular complexity index is 1000. The molecule has 9 nitrogen and oxygen atoms in total. The number of nitrogens with zero attached hydrogens (tertiary/aromatic N) is 5. The summed E-state index contributed by atoms with van der Waals surface area (Å²) >= 11 is 0. The Morgan fingerprint density at radius 3 is 2.24 bits per heavy atom. The lowest BCUT2D eigenvalue weighted by Crippen LogP contribution is -2.48. The van der Waals surface area contributed by atoms with E-state index in [9.17, 15) is 9.59 Å². The minimum absolute atomic E-state index is 0.246. The Balaban J connectivity index is 1.60. The number of amides is 2. The SMILES string of the molecule is CCOc1ccc(C2=C(N3CCN(c4ncccn4)CC3)C(=O)N(CCCOC)C2=O)cc1. The second-order valence-electron chi connectivity index (χ2n) is 7.81. The van der Waals surface area contributed by atoms with E-state index in [1.807, 2.05) is 36.1 Å². The summed E-state index contributed by atoms with van der Waals surface area (Å²) in [5.74, 6) is 0.898. The number of anilines is 1. The molecule has 0 unspecified atom stereocenters. The molecule has 0 N–H and O–H groups in total. The highest BCUT2D eigenvalue weighted by Gasteiger charge is 2.42. The zero-order valence-electron chi connectivity index (χ0n) is 19.1. The van der Waals surface area contributed by atoms with Crippen molar-refractivity contribution in [3.8, 4) is 5.75 Å². The van der Waals surface area contributed by atoms with E-state index in [0.717, 1.165) is 11.3 Å². The van der Waals surface area contributed by atoms with Gasteiger partial charge in [-0.2, -0.15) is 0 Å². The van der Waals surface area contributed by atoms with Crippen molar-refractivity contribution in [3.05, 3.63) is 54.0 Å². The van der Waals surface area contributed by atoms with Gasteiger partial charge in [0, 0.05) is 58.8 Å². The summed E-state index contributed by atoms with van der Waals surface area (Å²) in [6.45, 7) is 5.82. The van der Waals surface area contributed by atoms with Crippen LogP contribution in [0.25, 0.3) is 5.57 Å². The van der Waals surface area contributed by atoms with Crippen LogP contribution in [0.3, 0.4) is 0 Å². The first-order valence-electron chi connectivity index (χ1n) is 11.2. The van der Waals surface area contributed by atoms with Gasteiger partial charge in [0.15, 0.2) is 0 Å². The lowest BCUT2D eigenvalue weighted by Gasteiger charge is -2.36. The normalized spacial score (nSPS) is 16.7. The van der Waals surface area contributed by atoms with Crippen LogP contribution in [0.5, 0.6) is 5.75 Å². The van der Waals surface area contributed by atoms with E-state index >= 15 is 0 Å². The molecular formula is C24H29N5O4. The van der Waals surface area contributed by atoms with Gasteiger partial charge in [-0.15, -0.1) is 0 Å². The minimum Gasteiger partial charge on any atom is -0.494 e. The molecular weight excluding hydrogens is 422 g/mol. The van der Waals surface area contributed by atoms with Crippen molar-refractivity contribution in [1.82, 2.24) is 19.8 Å². The quantitative estimate of drug-likeness (QED) is 0.421. The van der Waals surface area contributed by atoms with Crippen molar-refractivity contribution < 1.29 is 19.1 Å². The maximum Gasteiger partial charge on any atom is 0.277 e. The number of carbonyl (C=O) groups is 2. The molecule has 0 radical (unpaired) electrons. The van der Waals surface area contributed by atoms with E-state index in [4.69, 9.17) is 9.47 Å². The third-order valence-corrected chi connectivity index (χ3v) is 5.76. The molecule has 2 aliphatic rings. The summed E-state index contributed by atoms with van der Waals surface area (Å²) in [4.78, 5) is 40.9. The summed E-state index contributed by atoms with van der Waals surface area (Å²) in [7, 11) is 1.61. The maximum atomic E-state index is 13.4. The number of carbonyl (C=O) groups excluding carboxylic acids is 2. The fourth-order valence-corrected chi connectivity index (χ4v) is 4.16. The average Bonchev–Trinajstić information content (AvgIpc) is 3.10. The summed E-state index contributed by atoms with van der Waals surface area (Å²) in [5.41, 5.74) is 1.63. The maximum absolute atomic E-state index is 13.4. The fourth-order valence-electron chi connectivity index (χ4n) is 4.16. The van der Waals surface area contributed by atoms with Crippen LogP contribution in [0.4, 0.5) is 5.95 Å². The monoisotopic (exact) mass is 451 g/mol. The van der Waals surface area contributed by atoms with E-state index in [2.05, 4.69) is 14.9 Å². The third-order valence-electron chi connectivity index (χ3n) is 5.76. The standard InChI is InChI=1S/C24H29N5O4/c1-3-33-19-8-6-18(7-9-19)20-21(23(31)29(22(20)30)12-5-17-32-2)27-13-15-28(16-14-27)24-25-10-4-11-26-24/h4,6-11H,3,5,12-17H2,1-2H3. The van der Waals surface area contributed by atoms with Crippen LogP contribution < -0.4 is 9.64 Å². The molecule has 1 saturated heterocycles. The van der Waals surface area contributed by atoms with Crippen molar-refractivity contribution in [2.24, 2.45) is 0 Å². The first-order chi connectivity index (χ1) is 16.1. The van der Waals surface area contributed by atoms with Crippen LogP contribution in [0.1, 0.15) is 18.9 Å². The molecule has 0 aliphatic carbocycles. The lowest BCUT2D eigenvalue weighted by atomic mass is 10.0. The molecule has 0 spiro atoms. The van der Waals surface area contributed by atoms with E-state index < -0.39 is 0 Å². The van der Waals surface area contributed by atoms with Crippen molar-refractivity contribution in [2.75, 3.05) is 57.9 Å². The van der Waals surface area contributed by atoms with Crippen LogP contribution in [-0.2, 0) is 14.3 Å². The van der Waals surface area contributed by atoms with Crippen molar-refractivity contribution in [3.63, 3.8) is 0 Å². The van der Waals surface area contributed by atoms with Gasteiger partial charge in [-0.3, -0.25) is 14.5 Å². The third kappa shape index (κ3) is 4.83. The number of ether oxygens (including phenoxy) is 2. The lowest BCUT2D eigenvalue weighted by molar-refractivity contribution is -0.137. The topological polar surface area (TPSA) is 88.1 Å². The zero-order chi connectivity index (χ0) is 23.2. The molecule has 174 valence electrons. The van der Waals surface area contributed by atoms with Gasteiger partial charge < -0.3 is 19.3 Å². The molecule has 33 heavy (non-hydrogen) atoms. The highest BCUT2D eigenvalue weighted by atomic mass is 16.5. The highest BCUT2D eigenvalue weighted by molar-refractivity contribution is 6.35. The average molecular weight is 452 g/mol. The number of aromatic nitrogens is 2. The second kappa shape index (κ2) is 10.4. The van der Waals surface area contributed by atoms with Gasteiger partial charge in [0.2, 0.25) is 5.95 Å². The molecule has 9 heteroatoms. The van der Waals surface area contributed by atoms with E-state index in [1.54, 1.807) is 25.6 Å². The molecule has 0 saturated carbocycles. The molecule has 2 aliphatic heterocycles. The molecule has 2 aromatic rings. The highest BCUT2D eigenvalue weighted by Crippen LogP contribution is 2.33. The van der Waals surface area contributed by atoms with Crippen molar-refractivity contribution >= 4 is 23.3 Å². The van der Waals surface area contributed by atoms with Crippen molar-refractivity contribution in [2.45, 2.75) is 13.3 Å². The van der Waals surface area contributed by atoms with Crippen LogP contribution in [-0.4, -0.2) is 84.6 Å². The summed E-state index contributed by atoms with van der Waals surface area (Å²) in [6.07, 6.45) is 4.04. The zero-order valence-corrected chi connectivity index (χ0v) is 19.1. The fraction of sp³-hybridized carbons (Fsp3) is 0.417. The Morgan fingerprint density at radius 2 is 1.61 bits per heavy atom. The van der Waals surface area contributed by atoms with Gasteiger partial charge in [-0.1, -0.05) is 12.1 Å². The van der Waals surface area contributed by atoms with E-state index in [0.29, 0.717) is 69.6 Å². The van der Waals surface area contributed by atoms with Crippen LogP contribution >= 0.6 is 0 Å². The largest absolute Gasteiger partial charge is 0.494 e. The smallest absolute Gasteiger partial charge is 0.277 e. The molecule has 3 heterocycles. The Morgan fingerprint density at radius 1 is 0.939 bits per heavy atom. The predicted molar refractivity (Wildman–Crippen MR) is 124 cm³/mol. The number of hydrogen-bond donors (Lipinski definition) is 0. The van der Waals surface area contributed by atoms with Crippen LogP contribution in [0, 0.1) is 0 Å². The number of piperazine rings is 1. The molecule has 2 amide bonds. The number of methoxy groups -OCH3 is 1. The summed E-state index contributed by atoms with van der Waals surface area (Å²) in [5, 5.41) is 0. The van der Waals surface area contributed by atoms with Crippen LogP contribution in [0.2, 0.25) is 0 Å². The van der Waals surface area contributed by atoms with Crippen LogP contribution in [0.15, 0.2) is 48.4 Å². The summed E-state index contributed by atoms with van der Waals surface area (Å²) in [6, 6.07) is 9.14. The Kier molecular flexibility index (Phi) is 7.19. The van der Waals surface area contributed by atoms with Gasteiger partial charge in [0.05, 0.1) is 12.2 Å². The van der Waals surface area contributed by atoms with Gasteiger partial charge >= 0.3 is 0 Å². The Labute approximate surface area is 193 Å². The van der Waals surface area contributed by atoms with Crippen molar-refractivity contribution in [1.29, 1.82) is 0 Å². The number of hydrogen-bond acceptors (Lipinski definition) is 8. The molecule has 0 bridgehead atoms. The molecule has 1 aromatic carbocycles. The predicted octanol–water partition coefficient (Wildman–Crippen LogP) is 1.81. The number of rotatable bonds is 9. The first-order valence-corrected chi connectivity index (χ1v) is 11.2. The van der Waals surface area contributed by atoms with E-state index in [1.165, 1.54) is 4.90 Å². The van der Waals surface area contributed by atoms with E-state index in [-0.39, 0.29) is 11.8 Å². The van der Waals surface area contributed by atoms with Gasteiger partial charge in [0.25, 0.3) is 11.8 Å². The van der Waals surface area contributed by atoms with Gasteiger partial charge in [0.1, 0.15) is 11.4 Å². The second-order valence-corrected chi connectivity index (χ2v) is 7.81.